The van der Waals surface area contributed by atoms with Crippen LogP contribution in [-0.2, 0) is 13.0 Å². The molecule has 2 heterocycles. The summed E-state index contributed by atoms with van der Waals surface area (Å²) in [5.74, 6) is 1.49. The van der Waals surface area contributed by atoms with Gasteiger partial charge in [0.25, 0.3) is 0 Å². The minimum atomic E-state index is -0.152. The van der Waals surface area contributed by atoms with Crippen LogP contribution in [0.1, 0.15) is 48.4 Å². The molecule has 112 valence electrons. The first-order chi connectivity index (χ1) is 9.95. The van der Waals surface area contributed by atoms with Gasteiger partial charge in [-0.2, -0.15) is 0 Å². The molecule has 2 atom stereocenters. The van der Waals surface area contributed by atoms with Gasteiger partial charge in [0.1, 0.15) is 11.6 Å². The van der Waals surface area contributed by atoms with Gasteiger partial charge in [-0.3, -0.25) is 4.90 Å². The highest BCUT2D eigenvalue weighted by Crippen LogP contribution is 2.34. The van der Waals surface area contributed by atoms with Gasteiger partial charge in [0, 0.05) is 12.1 Å². The molecule has 0 bridgehead atoms. The molecule has 21 heavy (non-hydrogen) atoms. The lowest BCUT2D eigenvalue weighted by molar-refractivity contribution is 0.116. The Bertz CT molecular complexity index is 645. The molecule has 0 saturated carbocycles. The van der Waals surface area contributed by atoms with Crippen LogP contribution in [0.4, 0.5) is 4.39 Å². The smallest absolute Gasteiger partial charge is 0.208 e. The molecular weight excluding hydrogens is 267 g/mol. The van der Waals surface area contributed by atoms with Crippen molar-refractivity contribution in [2.45, 2.75) is 52.7 Å². The number of benzene rings is 1. The second-order valence-electron chi connectivity index (χ2n) is 5.99. The van der Waals surface area contributed by atoms with Crippen LogP contribution in [-0.4, -0.2) is 15.9 Å². The first-order valence-electron chi connectivity index (χ1n) is 7.42. The lowest BCUT2D eigenvalue weighted by Gasteiger charge is -2.39. The summed E-state index contributed by atoms with van der Waals surface area (Å²) >= 11 is 0. The van der Waals surface area contributed by atoms with Crippen LogP contribution in [0.3, 0.4) is 0 Å². The van der Waals surface area contributed by atoms with E-state index in [1.807, 2.05) is 19.9 Å². The van der Waals surface area contributed by atoms with Crippen molar-refractivity contribution >= 4 is 0 Å². The Labute approximate surface area is 124 Å². The summed E-state index contributed by atoms with van der Waals surface area (Å²) in [5, 5.41) is 0. The molecule has 0 aliphatic carbocycles. The Balaban J connectivity index is 1.88. The zero-order chi connectivity index (χ0) is 15.1. The summed E-state index contributed by atoms with van der Waals surface area (Å²) in [7, 11) is 0. The maximum atomic E-state index is 13.4. The SMILES string of the molecule is Cc1nc(CN2[C@H](C)Cc3cc(F)ccc3[C@H]2C)oc1C. The number of rotatable bonds is 2. The lowest BCUT2D eigenvalue weighted by atomic mass is 9.89. The van der Waals surface area contributed by atoms with Gasteiger partial charge in [0.05, 0.1) is 12.2 Å². The summed E-state index contributed by atoms with van der Waals surface area (Å²) in [4.78, 5) is 6.84. The van der Waals surface area contributed by atoms with Crippen LogP contribution in [0, 0.1) is 19.7 Å². The van der Waals surface area contributed by atoms with Crippen LogP contribution in [0.25, 0.3) is 0 Å². The van der Waals surface area contributed by atoms with Gasteiger partial charge < -0.3 is 4.42 Å². The van der Waals surface area contributed by atoms with Gasteiger partial charge in [0.15, 0.2) is 0 Å². The van der Waals surface area contributed by atoms with Crippen LogP contribution in [0.5, 0.6) is 0 Å². The van der Waals surface area contributed by atoms with Crippen molar-refractivity contribution in [1.29, 1.82) is 0 Å². The number of aromatic nitrogens is 1. The highest BCUT2D eigenvalue weighted by Gasteiger charge is 2.30. The van der Waals surface area contributed by atoms with Crippen molar-refractivity contribution in [1.82, 2.24) is 9.88 Å². The standard InChI is InChI=1S/C17H21FN2O/c1-10-7-14-8-15(18)5-6-16(14)12(3)20(10)9-17-19-11(2)13(4)21-17/h5-6,8,10,12H,7,9H2,1-4H3/t10-,12-/m1/s1. The van der Waals surface area contributed by atoms with Gasteiger partial charge in [-0.15, -0.1) is 0 Å². The van der Waals surface area contributed by atoms with Gasteiger partial charge in [-0.1, -0.05) is 6.07 Å². The molecule has 0 N–H and O–H groups in total. The summed E-state index contributed by atoms with van der Waals surface area (Å²) < 4.78 is 19.1. The number of fused-ring (bicyclic) bond motifs is 1. The number of oxazole rings is 1. The fourth-order valence-electron chi connectivity index (χ4n) is 3.21. The molecule has 1 aromatic carbocycles. The van der Waals surface area contributed by atoms with Crippen LogP contribution in [0.2, 0.25) is 0 Å². The molecule has 1 aliphatic rings. The lowest BCUT2D eigenvalue weighted by Crippen LogP contribution is -2.40. The molecule has 1 aliphatic heterocycles. The van der Waals surface area contributed by atoms with Crippen LogP contribution >= 0.6 is 0 Å². The predicted octanol–water partition coefficient (Wildman–Crippen LogP) is 3.94. The molecule has 0 radical (unpaired) electrons. The topological polar surface area (TPSA) is 29.3 Å². The third kappa shape index (κ3) is 2.60. The largest absolute Gasteiger partial charge is 0.444 e. The summed E-state index contributed by atoms with van der Waals surface area (Å²) in [5.41, 5.74) is 3.27. The zero-order valence-corrected chi connectivity index (χ0v) is 13.0. The van der Waals surface area contributed by atoms with E-state index in [0.29, 0.717) is 12.6 Å². The second-order valence-corrected chi connectivity index (χ2v) is 5.99. The molecule has 0 unspecified atom stereocenters. The predicted molar refractivity (Wildman–Crippen MR) is 79.5 cm³/mol. The number of aryl methyl sites for hydroxylation is 2. The molecule has 3 nitrogen and oxygen atoms in total. The van der Waals surface area contributed by atoms with E-state index in [0.717, 1.165) is 29.3 Å². The van der Waals surface area contributed by atoms with Crippen molar-refractivity contribution in [3.8, 4) is 0 Å². The summed E-state index contributed by atoms with van der Waals surface area (Å²) in [6.45, 7) is 8.92. The molecule has 3 rings (SSSR count). The summed E-state index contributed by atoms with van der Waals surface area (Å²) in [6, 6.07) is 5.68. The Morgan fingerprint density at radius 1 is 1.33 bits per heavy atom. The normalized spacial score (nSPS) is 22.3. The van der Waals surface area contributed by atoms with E-state index >= 15 is 0 Å². The van der Waals surface area contributed by atoms with E-state index in [9.17, 15) is 4.39 Å². The number of halogens is 1. The molecule has 0 fully saturated rings. The fraction of sp³-hybridized carbons (Fsp3) is 0.471. The number of nitrogens with zero attached hydrogens (tertiary/aromatic N) is 2. The van der Waals surface area contributed by atoms with Gasteiger partial charge in [-0.05, 0) is 57.4 Å². The van der Waals surface area contributed by atoms with Gasteiger partial charge in [-0.25, -0.2) is 9.37 Å². The molecule has 0 amide bonds. The molecule has 0 spiro atoms. The van der Waals surface area contributed by atoms with Crippen molar-refractivity contribution < 1.29 is 8.81 Å². The van der Waals surface area contributed by atoms with Crippen LogP contribution in [0.15, 0.2) is 22.6 Å². The Kier molecular flexibility index (Phi) is 3.57. The van der Waals surface area contributed by atoms with Crippen molar-refractivity contribution in [2.24, 2.45) is 0 Å². The first kappa shape index (κ1) is 14.3. The monoisotopic (exact) mass is 288 g/mol. The van der Waals surface area contributed by atoms with Gasteiger partial charge >= 0.3 is 0 Å². The van der Waals surface area contributed by atoms with Crippen molar-refractivity contribution in [3.63, 3.8) is 0 Å². The third-order valence-electron chi connectivity index (χ3n) is 4.52. The second kappa shape index (κ2) is 5.26. The van der Waals surface area contributed by atoms with E-state index in [2.05, 4.69) is 23.7 Å². The Morgan fingerprint density at radius 3 is 2.76 bits per heavy atom. The molecule has 0 saturated heterocycles. The molecular formula is C17H21FN2O. The average Bonchev–Trinajstić information content (AvgIpc) is 2.73. The van der Waals surface area contributed by atoms with E-state index in [1.165, 1.54) is 5.56 Å². The maximum absolute atomic E-state index is 13.4. The minimum Gasteiger partial charge on any atom is -0.444 e. The Morgan fingerprint density at radius 2 is 2.10 bits per heavy atom. The van der Waals surface area contributed by atoms with Crippen molar-refractivity contribution in [2.75, 3.05) is 0 Å². The quantitative estimate of drug-likeness (QED) is 0.838. The maximum Gasteiger partial charge on any atom is 0.208 e. The van der Waals surface area contributed by atoms with Crippen LogP contribution < -0.4 is 0 Å². The first-order valence-corrected chi connectivity index (χ1v) is 7.42. The number of hydrogen-bond donors (Lipinski definition) is 0. The van der Waals surface area contributed by atoms with E-state index in [-0.39, 0.29) is 11.9 Å². The number of hydrogen-bond acceptors (Lipinski definition) is 3. The molecule has 4 heteroatoms. The van der Waals surface area contributed by atoms with E-state index in [1.54, 1.807) is 12.1 Å². The van der Waals surface area contributed by atoms with Crippen molar-refractivity contribution in [3.05, 3.63) is 52.5 Å². The molecule has 2 aromatic rings. The Hall–Kier alpha value is -1.68. The van der Waals surface area contributed by atoms with Gasteiger partial charge in [0.2, 0.25) is 5.89 Å². The third-order valence-corrected chi connectivity index (χ3v) is 4.52. The summed E-state index contributed by atoms with van der Waals surface area (Å²) in [6.07, 6.45) is 0.857. The minimum absolute atomic E-state index is 0.152. The van der Waals surface area contributed by atoms with E-state index in [4.69, 9.17) is 4.42 Å². The average molecular weight is 288 g/mol. The highest BCUT2D eigenvalue weighted by molar-refractivity contribution is 5.33. The fourth-order valence-corrected chi connectivity index (χ4v) is 3.21. The zero-order valence-electron chi connectivity index (χ0n) is 13.0. The van der Waals surface area contributed by atoms with E-state index < -0.39 is 0 Å². The highest BCUT2D eigenvalue weighted by atomic mass is 19.1. The molecule has 1 aromatic heterocycles.